The van der Waals surface area contributed by atoms with Crippen molar-refractivity contribution in [2.75, 3.05) is 13.7 Å². The smallest absolute Gasteiger partial charge is 0.254 e. The first kappa shape index (κ1) is 15.5. The number of nitrogens with zero attached hydrogens (tertiary/aromatic N) is 5. The normalized spacial score (nSPS) is 21.3. The number of tetrazole rings is 1. The molecule has 1 aromatic heterocycles. The number of likely N-dealkylation sites (tertiary alicyclic amines) is 1. The van der Waals surface area contributed by atoms with Gasteiger partial charge in [0.05, 0.1) is 7.11 Å². The van der Waals surface area contributed by atoms with Crippen LogP contribution in [0.25, 0.3) is 5.69 Å². The number of carbonyl (C=O) groups is 1. The lowest BCUT2D eigenvalue weighted by Crippen LogP contribution is -2.44. The molecular weight excluding hydrogens is 294 g/mol. The van der Waals surface area contributed by atoms with Gasteiger partial charge in [-0.1, -0.05) is 6.92 Å². The Morgan fingerprint density at radius 3 is 2.83 bits per heavy atom. The highest BCUT2D eigenvalue weighted by Gasteiger charge is 2.28. The molecule has 1 aliphatic heterocycles. The van der Waals surface area contributed by atoms with E-state index in [4.69, 9.17) is 4.74 Å². The molecule has 1 saturated heterocycles. The van der Waals surface area contributed by atoms with Gasteiger partial charge in [-0.05, 0) is 54.3 Å². The Hall–Kier alpha value is -2.44. The van der Waals surface area contributed by atoms with Crippen molar-refractivity contribution in [2.45, 2.75) is 32.7 Å². The van der Waals surface area contributed by atoms with E-state index in [2.05, 4.69) is 29.4 Å². The molecule has 0 saturated carbocycles. The lowest BCUT2D eigenvalue weighted by Gasteiger charge is -2.37. The Balaban J connectivity index is 1.93. The average molecular weight is 315 g/mol. The van der Waals surface area contributed by atoms with Crippen molar-refractivity contribution in [2.24, 2.45) is 5.92 Å². The number of methoxy groups -OCH3 is 1. The second-order valence-electron chi connectivity index (χ2n) is 6.13. The number of rotatable bonds is 3. The van der Waals surface area contributed by atoms with Crippen LogP contribution in [0, 0.1) is 5.92 Å². The summed E-state index contributed by atoms with van der Waals surface area (Å²) in [6.45, 7) is 5.09. The van der Waals surface area contributed by atoms with E-state index in [0.29, 0.717) is 22.9 Å². The number of hydrogen-bond acceptors (Lipinski definition) is 5. The van der Waals surface area contributed by atoms with Crippen LogP contribution in [0.4, 0.5) is 0 Å². The van der Waals surface area contributed by atoms with E-state index in [0.717, 1.165) is 13.0 Å². The summed E-state index contributed by atoms with van der Waals surface area (Å²) >= 11 is 0. The molecule has 2 unspecified atom stereocenters. The molecule has 1 amide bonds. The van der Waals surface area contributed by atoms with Crippen LogP contribution in [-0.4, -0.2) is 50.7 Å². The molecule has 0 N–H and O–H groups in total. The second kappa shape index (κ2) is 6.36. The zero-order valence-corrected chi connectivity index (χ0v) is 13.6. The van der Waals surface area contributed by atoms with E-state index in [1.54, 1.807) is 25.3 Å². The van der Waals surface area contributed by atoms with Gasteiger partial charge in [-0.3, -0.25) is 4.79 Å². The molecular formula is C16H21N5O2. The zero-order chi connectivity index (χ0) is 16.4. The topological polar surface area (TPSA) is 73.1 Å². The van der Waals surface area contributed by atoms with Crippen LogP contribution in [0.3, 0.4) is 0 Å². The first-order valence-corrected chi connectivity index (χ1v) is 7.82. The average Bonchev–Trinajstić information content (AvgIpc) is 3.10. The minimum atomic E-state index is 0.0426. The minimum Gasteiger partial charge on any atom is -0.494 e. The van der Waals surface area contributed by atoms with Crippen molar-refractivity contribution in [1.29, 1.82) is 0 Å². The molecule has 2 aromatic rings. The molecule has 0 aliphatic carbocycles. The first-order valence-electron chi connectivity index (χ1n) is 7.82. The Kier molecular flexibility index (Phi) is 4.27. The van der Waals surface area contributed by atoms with E-state index in [9.17, 15) is 4.79 Å². The van der Waals surface area contributed by atoms with Crippen molar-refractivity contribution in [3.8, 4) is 11.4 Å². The highest BCUT2D eigenvalue weighted by Crippen LogP contribution is 2.27. The van der Waals surface area contributed by atoms with Gasteiger partial charge in [0.1, 0.15) is 17.8 Å². The summed E-state index contributed by atoms with van der Waals surface area (Å²) in [7, 11) is 1.58. The van der Waals surface area contributed by atoms with Gasteiger partial charge in [-0.15, -0.1) is 5.10 Å². The molecule has 2 atom stereocenters. The van der Waals surface area contributed by atoms with Gasteiger partial charge >= 0.3 is 0 Å². The molecule has 1 fully saturated rings. The summed E-state index contributed by atoms with van der Waals surface area (Å²) in [4.78, 5) is 14.9. The third-order valence-corrected chi connectivity index (χ3v) is 4.40. The zero-order valence-electron chi connectivity index (χ0n) is 13.6. The van der Waals surface area contributed by atoms with E-state index in [-0.39, 0.29) is 11.9 Å². The van der Waals surface area contributed by atoms with E-state index >= 15 is 0 Å². The van der Waals surface area contributed by atoms with Crippen LogP contribution < -0.4 is 4.74 Å². The summed E-state index contributed by atoms with van der Waals surface area (Å²) in [6, 6.07) is 5.62. The number of ether oxygens (including phenoxy) is 1. The number of piperidine rings is 1. The number of benzene rings is 1. The van der Waals surface area contributed by atoms with Crippen LogP contribution in [0.1, 0.15) is 37.0 Å². The van der Waals surface area contributed by atoms with Crippen LogP contribution in [0.2, 0.25) is 0 Å². The minimum absolute atomic E-state index is 0.0426. The fourth-order valence-electron chi connectivity index (χ4n) is 3.01. The Morgan fingerprint density at radius 2 is 2.13 bits per heavy atom. The maximum absolute atomic E-state index is 12.9. The number of carbonyl (C=O) groups excluding carboxylic acids is 1. The van der Waals surface area contributed by atoms with Crippen LogP contribution >= 0.6 is 0 Å². The van der Waals surface area contributed by atoms with E-state index < -0.39 is 0 Å². The van der Waals surface area contributed by atoms with Crippen molar-refractivity contribution in [1.82, 2.24) is 25.1 Å². The lowest BCUT2D eigenvalue weighted by atomic mass is 9.94. The molecule has 3 rings (SSSR count). The van der Waals surface area contributed by atoms with Crippen molar-refractivity contribution in [3.05, 3.63) is 30.1 Å². The lowest BCUT2D eigenvalue weighted by molar-refractivity contribution is 0.0574. The molecule has 23 heavy (non-hydrogen) atoms. The number of aromatic nitrogens is 4. The molecule has 1 aliphatic rings. The van der Waals surface area contributed by atoms with Gasteiger partial charge in [0.25, 0.3) is 5.91 Å². The molecule has 0 radical (unpaired) electrons. The largest absolute Gasteiger partial charge is 0.494 e. The van der Waals surface area contributed by atoms with Crippen LogP contribution in [0.15, 0.2) is 24.5 Å². The van der Waals surface area contributed by atoms with Crippen LogP contribution in [-0.2, 0) is 0 Å². The fraction of sp³-hybridized carbons (Fsp3) is 0.500. The summed E-state index contributed by atoms with van der Waals surface area (Å²) in [5.41, 5.74) is 1.28. The summed E-state index contributed by atoms with van der Waals surface area (Å²) in [6.07, 6.45) is 3.70. The first-order chi connectivity index (χ1) is 11.1. The standard InChI is InChI=1S/C16H21N5O2/c1-11-4-5-12(2)20(9-11)16(22)13-6-7-15(23-3)14(8-13)21-10-17-18-19-21/h6-8,10-12H,4-5,9H2,1-3H3. The summed E-state index contributed by atoms with van der Waals surface area (Å²) in [5, 5.41) is 11.2. The number of amides is 1. The molecule has 7 heteroatoms. The summed E-state index contributed by atoms with van der Waals surface area (Å²) in [5.74, 6) is 1.20. The quantitative estimate of drug-likeness (QED) is 0.865. The fourth-order valence-corrected chi connectivity index (χ4v) is 3.01. The highest BCUT2D eigenvalue weighted by molar-refractivity contribution is 5.95. The second-order valence-corrected chi connectivity index (χ2v) is 6.13. The van der Waals surface area contributed by atoms with Crippen molar-refractivity contribution in [3.63, 3.8) is 0 Å². The van der Waals surface area contributed by atoms with Gasteiger partial charge in [0, 0.05) is 18.2 Å². The van der Waals surface area contributed by atoms with Crippen LogP contribution in [0.5, 0.6) is 5.75 Å². The Morgan fingerprint density at radius 1 is 1.30 bits per heavy atom. The third-order valence-electron chi connectivity index (χ3n) is 4.40. The maximum atomic E-state index is 12.9. The van der Waals surface area contributed by atoms with Crippen molar-refractivity contribution < 1.29 is 9.53 Å². The molecule has 2 heterocycles. The van der Waals surface area contributed by atoms with Gasteiger partial charge in [0.15, 0.2) is 0 Å². The predicted molar refractivity (Wildman–Crippen MR) is 84.6 cm³/mol. The van der Waals surface area contributed by atoms with Gasteiger partial charge < -0.3 is 9.64 Å². The molecule has 0 spiro atoms. The third kappa shape index (κ3) is 3.04. The van der Waals surface area contributed by atoms with Gasteiger partial charge in [-0.25, -0.2) is 0 Å². The Bertz CT molecular complexity index is 686. The monoisotopic (exact) mass is 315 g/mol. The van der Waals surface area contributed by atoms with Crippen molar-refractivity contribution >= 4 is 5.91 Å². The SMILES string of the molecule is COc1ccc(C(=O)N2CC(C)CCC2C)cc1-n1cnnn1. The predicted octanol–water partition coefficient (Wildman–Crippen LogP) is 1.93. The number of hydrogen-bond donors (Lipinski definition) is 0. The molecule has 1 aromatic carbocycles. The van der Waals surface area contributed by atoms with E-state index in [1.165, 1.54) is 17.4 Å². The van der Waals surface area contributed by atoms with Gasteiger partial charge in [-0.2, -0.15) is 4.68 Å². The van der Waals surface area contributed by atoms with Gasteiger partial charge in [0.2, 0.25) is 0 Å². The van der Waals surface area contributed by atoms with E-state index in [1.807, 2.05) is 4.90 Å². The summed E-state index contributed by atoms with van der Waals surface area (Å²) < 4.78 is 6.84. The Labute approximate surface area is 135 Å². The molecule has 7 nitrogen and oxygen atoms in total. The highest BCUT2D eigenvalue weighted by atomic mass is 16.5. The molecule has 122 valence electrons. The maximum Gasteiger partial charge on any atom is 0.254 e. The molecule has 0 bridgehead atoms.